The van der Waals surface area contributed by atoms with Crippen molar-refractivity contribution >= 4 is 17.4 Å². The lowest BCUT2D eigenvalue weighted by Gasteiger charge is -2.55. The fraction of sp³-hybridized carbons (Fsp3) is 0.591. The molecule has 2 fully saturated rings. The molecule has 0 aromatic rings. The van der Waals surface area contributed by atoms with Crippen molar-refractivity contribution < 1.29 is 4.79 Å². The number of fused-ring (bicyclic) bond motifs is 5. The molecule has 1 nitrogen and oxygen atoms in total. The summed E-state index contributed by atoms with van der Waals surface area (Å²) < 4.78 is 0. The van der Waals surface area contributed by atoms with Gasteiger partial charge in [0.05, 0.1) is 0 Å². The van der Waals surface area contributed by atoms with Gasteiger partial charge in [0.1, 0.15) is 0 Å². The molecule has 4 rings (SSSR count). The monoisotopic (exact) mass is 344 g/mol. The van der Waals surface area contributed by atoms with Gasteiger partial charge in [-0.2, -0.15) is 0 Å². The second kappa shape index (κ2) is 6.02. The largest absolute Gasteiger partial charge is 0.295 e. The number of allylic oxidation sites excluding steroid dienone is 5. The zero-order valence-electron chi connectivity index (χ0n) is 15.0. The molecule has 0 bridgehead atoms. The number of hydrogen-bond donors (Lipinski definition) is 0. The maximum absolute atomic E-state index is 11.9. The van der Waals surface area contributed by atoms with Crippen molar-refractivity contribution in [3.63, 3.8) is 0 Å². The van der Waals surface area contributed by atoms with E-state index in [0.29, 0.717) is 29.6 Å². The summed E-state index contributed by atoms with van der Waals surface area (Å²) in [7, 11) is 0. The van der Waals surface area contributed by atoms with Gasteiger partial charge in [0.25, 0.3) is 0 Å². The van der Waals surface area contributed by atoms with E-state index in [2.05, 4.69) is 39.7 Å². The van der Waals surface area contributed by atoms with Crippen LogP contribution in [0.3, 0.4) is 0 Å². The smallest absolute Gasteiger partial charge is 0.156 e. The summed E-state index contributed by atoms with van der Waals surface area (Å²) in [5.74, 6) is 2.12. The van der Waals surface area contributed by atoms with Crippen molar-refractivity contribution in [3.05, 3.63) is 48.1 Å². The van der Waals surface area contributed by atoms with Gasteiger partial charge in [-0.25, -0.2) is 0 Å². The molecule has 2 saturated carbocycles. The molecule has 130 valence electrons. The molecule has 5 unspecified atom stereocenters. The Balaban J connectivity index is 0.000000815. The minimum absolute atomic E-state index is 0.0929. The Labute approximate surface area is 151 Å². The summed E-state index contributed by atoms with van der Waals surface area (Å²) >= 11 is 6.66. The zero-order chi connectivity index (χ0) is 17.7. The molecule has 4 aliphatic rings. The Hall–Kier alpha value is -1.08. The third-order valence-corrected chi connectivity index (χ3v) is 7.84. The molecule has 5 atom stereocenters. The summed E-state index contributed by atoms with van der Waals surface area (Å²) in [4.78, 5) is 11.9. The molecule has 24 heavy (non-hydrogen) atoms. The molecule has 0 amide bonds. The number of halogens is 1. The van der Waals surface area contributed by atoms with Gasteiger partial charge in [0, 0.05) is 11.5 Å². The first-order valence-corrected chi connectivity index (χ1v) is 9.55. The van der Waals surface area contributed by atoms with Gasteiger partial charge in [0.15, 0.2) is 5.78 Å². The zero-order valence-corrected chi connectivity index (χ0v) is 15.8. The van der Waals surface area contributed by atoms with Crippen LogP contribution in [0.1, 0.15) is 52.4 Å². The molecule has 0 aromatic heterocycles. The van der Waals surface area contributed by atoms with Gasteiger partial charge in [-0.1, -0.05) is 43.7 Å². The number of ketones is 1. The van der Waals surface area contributed by atoms with Crippen molar-refractivity contribution in [2.45, 2.75) is 52.4 Å². The molecule has 4 aliphatic carbocycles. The Morgan fingerprint density at radius 2 is 1.75 bits per heavy atom. The van der Waals surface area contributed by atoms with E-state index in [1.54, 1.807) is 0 Å². The van der Waals surface area contributed by atoms with E-state index in [-0.39, 0.29) is 11.2 Å². The fourth-order valence-corrected chi connectivity index (χ4v) is 6.40. The highest BCUT2D eigenvalue weighted by atomic mass is 35.5. The molecular formula is C22H29ClO. The Morgan fingerprint density at radius 3 is 2.46 bits per heavy atom. The summed E-state index contributed by atoms with van der Waals surface area (Å²) in [6.07, 6.45) is 10.7. The standard InChI is InChI=1S/C20H25ClO.C2H4/c1-12-4-5-15-14-11-18(21)17-10-13(22)6-8-20(17,3)16(14)7-9-19(12,15)2;1-2/h10-11,14-16H,1,4-9H2,2-3H3;1-2H2. The normalized spacial score (nSPS) is 43.5. The summed E-state index contributed by atoms with van der Waals surface area (Å²) in [6.45, 7) is 15.1. The number of carbonyl (C=O) groups is 1. The summed E-state index contributed by atoms with van der Waals surface area (Å²) in [6, 6.07) is 0. The number of rotatable bonds is 0. The summed E-state index contributed by atoms with van der Waals surface area (Å²) in [5.41, 5.74) is 2.96. The lowest BCUT2D eigenvalue weighted by molar-refractivity contribution is -0.116. The van der Waals surface area contributed by atoms with Crippen LogP contribution in [0.15, 0.2) is 48.1 Å². The van der Waals surface area contributed by atoms with Crippen molar-refractivity contribution in [3.8, 4) is 0 Å². The third-order valence-electron chi connectivity index (χ3n) is 7.51. The van der Waals surface area contributed by atoms with Crippen LogP contribution in [0.4, 0.5) is 0 Å². The molecule has 0 saturated heterocycles. The lowest BCUT2D eigenvalue weighted by Crippen LogP contribution is -2.48. The fourth-order valence-electron chi connectivity index (χ4n) is 5.98. The first-order chi connectivity index (χ1) is 11.4. The van der Waals surface area contributed by atoms with Crippen LogP contribution in [0, 0.1) is 28.6 Å². The lowest BCUT2D eigenvalue weighted by atomic mass is 9.49. The maximum Gasteiger partial charge on any atom is 0.156 e. The van der Waals surface area contributed by atoms with E-state index in [1.165, 1.54) is 31.3 Å². The van der Waals surface area contributed by atoms with Crippen LogP contribution in [0.25, 0.3) is 0 Å². The average molecular weight is 345 g/mol. The van der Waals surface area contributed by atoms with Crippen LogP contribution in [0.5, 0.6) is 0 Å². The van der Waals surface area contributed by atoms with Crippen molar-refractivity contribution in [2.24, 2.45) is 28.6 Å². The van der Waals surface area contributed by atoms with E-state index >= 15 is 0 Å². The van der Waals surface area contributed by atoms with Gasteiger partial charge in [-0.05, 0) is 72.3 Å². The predicted molar refractivity (Wildman–Crippen MR) is 102 cm³/mol. The topological polar surface area (TPSA) is 17.1 Å². The molecule has 0 aliphatic heterocycles. The van der Waals surface area contributed by atoms with E-state index in [4.69, 9.17) is 11.6 Å². The van der Waals surface area contributed by atoms with Gasteiger partial charge in [0.2, 0.25) is 0 Å². The van der Waals surface area contributed by atoms with Crippen LogP contribution in [-0.2, 0) is 4.79 Å². The van der Waals surface area contributed by atoms with Crippen LogP contribution < -0.4 is 0 Å². The Morgan fingerprint density at radius 1 is 1.08 bits per heavy atom. The van der Waals surface area contributed by atoms with Crippen molar-refractivity contribution in [1.82, 2.24) is 0 Å². The van der Waals surface area contributed by atoms with Gasteiger partial charge >= 0.3 is 0 Å². The molecule has 0 spiro atoms. The van der Waals surface area contributed by atoms with Crippen molar-refractivity contribution in [2.75, 3.05) is 0 Å². The second-order valence-electron chi connectivity index (χ2n) is 8.35. The maximum atomic E-state index is 11.9. The predicted octanol–water partition coefficient (Wildman–Crippen LogP) is 6.22. The first kappa shape index (κ1) is 17.7. The van der Waals surface area contributed by atoms with Crippen molar-refractivity contribution in [1.29, 1.82) is 0 Å². The molecular weight excluding hydrogens is 316 g/mol. The van der Waals surface area contributed by atoms with Crippen LogP contribution in [-0.4, -0.2) is 5.78 Å². The highest BCUT2D eigenvalue weighted by Gasteiger charge is 2.57. The minimum Gasteiger partial charge on any atom is -0.295 e. The van der Waals surface area contributed by atoms with Gasteiger partial charge in [-0.15, -0.1) is 13.2 Å². The average Bonchev–Trinajstić information content (AvgIpc) is 2.87. The molecule has 0 radical (unpaired) electrons. The number of hydrogen-bond acceptors (Lipinski definition) is 1. The molecule has 0 heterocycles. The van der Waals surface area contributed by atoms with Gasteiger partial charge in [-0.3, -0.25) is 4.79 Å². The molecule has 0 aromatic carbocycles. The number of carbonyl (C=O) groups excluding carboxylic acids is 1. The minimum atomic E-state index is 0.0929. The quantitative estimate of drug-likeness (QED) is 0.477. The van der Waals surface area contributed by atoms with E-state index < -0.39 is 0 Å². The SMILES string of the molecule is C=C.C=C1CCC2C3C=C(Cl)C4=CC(=O)CCC4(C)C3CCC12C. The second-order valence-corrected chi connectivity index (χ2v) is 8.75. The summed E-state index contributed by atoms with van der Waals surface area (Å²) in [5, 5.41) is 0.846. The highest BCUT2D eigenvalue weighted by Crippen LogP contribution is 2.65. The van der Waals surface area contributed by atoms with Gasteiger partial charge < -0.3 is 0 Å². The third kappa shape index (κ3) is 2.31. The Bertz CT molecular complexity index is 642. The first-order valence-electron chi connectivity index (χ1n) is 9.17. The Kier molecular flexibility index (Phi) is 4.45. The molecule has 2 heteroatoms. The molecule has 0 N–H and O–H groups in total. The van der Waals surface area contributed by atoms with Crippen LogP contribution >= 0.6 is 11.6 Å². The van der Waals surface area contributed by atoms with E-state index in [1.807, 2.05) is 6.08 Å². The highest BCUT2D eigenvalue weighted by molar-refractivity contribution is 6.32. The van der Waals surface area contributed by atoms with E-state index in [0.717, 1.165) is 17.0 Å². The van der Waals surface area contributed by atoms with Crippen LogP contribution in [0.2, 0.25) is 0 Å². The van der Waals surface area contributed by atoms with E-state index in [9.17, 15) is 4.79 Å².